The van der Waals surface area contributed by atoms with Gasteiger partial charge in [-0.25, -0.2) is 14.4 Å². The Balaban J connectivity index is 2.44. The number of rotatable bonds is 2. The van der Waals surface area contributed by atoms with Crippen LogP contribution in [0.2, 0.25) is 0 Å². The highest BCUT2D eigenvalue weighted by Crippen LogP contribution is 2.20. The molecule has 0 aliphatic heterocycles. The molecule has 2 rings (SSSR count). The molecule has 0 saturated carbocycles. The number of benzene rings is 1. The van der Waals surface area contributed by atoms with Crippen LogP contribution in [0.1, 0.15) is 24.3 Å². The third kappa shape index (κ3) is 2.47. The average Bonchev–Trinajstić information content (AvgIpc) is 2.28. The minimum absolute atomic E-state index is 0.316. The lowest BCUT2D eigenvalue weighted by Crippen LogP contribution is -2.01. The highest BCUT2D eigenvalue weighted by Gasteiger charge is 2.09. The zero-order valence-corrected chi connectivity index (χ0v) is 9.68. The van der Waals surface area contributed by atoms with Crippen LogP contribution in [0.4, 0.5) is 4.39 Å². The highest BCUT2D eigenvalue weighted by atomic mass is 19.1. The molecule has 4 heteroatoms. The quantitative estimate of drug-likeness (QED) is 0.865. The Morgan fingerprint density at radius 1 is 1.35 bits per heavy atom. The van der Waals surface area contributed by atoms with Crippen LogP contribution in [-0.4, -0.2) is 15.1 Å². The van der Waals surface area contributed by atoms with Crippen molar-refractivity contribution < 1.29 is 9.50 Å². The predicted octanol–water partition coefficient (Wildman–Crippen LogP) is 2.64. The first-order valence-electron chi connectivity index (χ1n) is 5.35. The minimum atomic E-state index is -0.600. The van der Waals surface area contributed by atoms with Crippen molar-refractivity contribution in [3.8, 4) is 11.4 Å². The number of halogens is 1. The Morgan fingerprint density at radius 3 is 2.71 bits per heavy atom. The van der Waals surface area contributed by atoms with Crippen molar-refractivity contribution in [2.24, 2.45) is 0 Å². The molecule has 1 N–H and O–H groups in total. The molecule has 0 spiro atoms. The molecular formula is C13H13FN2O. The van der Waals surface area contributed by atoms with Crippen LogP contribution in [0.25, 0.3) is 11.4 Å². The molecule has 1 atom stereocenters. The van der Waals surface area contributed by atoms with E-state index in [2.05, 4.69) is 9.97 Å². The molecule has 1 aromatic heterocycles. The van der Waals surface area contributed by atoms with Gasteiger partial charge >= 0.3 is 0 Å². The maximum atomic E-state index is 13.1. The third-order valence-corrected chi connectivity index (χ3v) is 2.55. The maximum Gasteiger partial charge on any atom is 0.159 e. The van der Waals surface area contributed by atoms with Gasteiger partial charge < -0.3 is 5.11 Å². The number of nitrogens with zero attached hydrogens (tertiary/aromatic N) is 2. The fourth-order valence-corrected chi connectivity index (χ4v) is 1.65. The molecule has 17 heavy (non-hydrogen) atoms. The summed E-state index contributed by atoms with van der Waals surface area (Å²) in [5, 5.41) is 9.47. The van der Waals surface area contributed by atoms with Gasteiger partial charge in [-0.15, -0.1) is 0 Å². The van der Waals surface area contributed by atoms with Gasteiger partial charge in [0.25, 0.3) is 0 Å². The first kappa shape index (κ1) is 11.7. The second-order valence-electron chi connectivity index (χ2n) is 3.92. The van der Waals surface area contributed by atoms with Gasteiger partial charge in [0.2, 0.25) is 0 Å². The Hall–Kier alpha value is -1.81. The van der Waals surface area contributed by atoms with Crippen LogP contribution in [0.5, 0.6) is 0 Å². The van der Waals surface area contributed by atoms with Gasteiger partial charge in [0.1, 0.15) is 5.82 Å². The van der Waals surface area contributed by atoms with E-state index in [0.29, 0.717) is 22.6 Å². The second-order valence-corrected chi connectivity index (χ2v) is 3.92. The van der Waals surface area contributed by atoms with Gasteiger partial charge in [-0.1, -0.05) is 12.1 Å². The topological polar surface area (TPSA) is 46.0 Å². The lowest BCUT2D eigenvalue weighted by Gasteiger charge is -2.09. The van der Waals surface area contributed by atoms with E-state index in [1.807, 2.05) is 0 Å². The molecule has 1 aromatic carbocycles. The predicted molar refractivity (Wildman–Crippen MR) is 62.8 cm³/mol. The largest absolute Gasteiger partial charge is 0.389 e. The van der Waals surface area contributed by atoms with Crippen molar-refractivity contribution >= 4 is 0 Å². The zero-order valence-electron chi connectivity index (χ0n) is 9.68. The fraction of sp³-hybridized carbons (Fsp3) is 0.231. The Kier molecular flexibility index (Phi) is 3.15. The smallest absolute Gasteiger partial charge is 0.159 e. The third-order valence-electron chi connectivity index (χ3n) is 2.55. The summed E-state index contributed by atoms with van der Waals surface area (Å²) in [5.74, 6) is 0.148. The first-order chi connectivity index (χ1) is 8.08. The number of hydrogen-bond donors (Lipinski definition) is 1. The van der Waals surface area contributed by atoms with Gasteiger partial charge in [0.15, 0.2) is 5.82 Å². The summed E-state index contributed by atoms with van der Waals surface area (Å²) < 4.78 is 13.1. The lowest BCUT2D eigenvalue weighted by atomic mass is 10.1. The SMILES string of the molecule is Cc1nc(-c2cccc(F)c2)ncc1[C@H](C)O. The van der Waals surface area contributed by atoms with E-state index >= 15 is 0 Å². The molecule has 0 aliphatic carbocycles. The summed E-state index contributed by atoms with van der Waals surface area (Å²) in [6.07, 6.45) is 0.976. The van der Waals surface area contributed by atoms with Crippen LogP contribution in [0.3, 0.4) is 0 Å². The zero-order chi connectivity index (χ0) is 12.4. The standard InChI is InChI=1S/C13H13FN2O/c1-8-12(9(2)17)7-15-13(16-8)10-4-3-5-11(14)6-10/h3-7,9,17H,1-2H3/t9-/m0/s1. The summed E-state index contributed by atoms with van der Waals surface area (Å²) in [6.45, 7) is 3.46. The highest BCUT2D eigenvalue weighted by molar-refractivity contribution is 5.55. The van der Waals surface area contributed by atoms with Crippen molar-refractivity contribution in [1.29, 1.82) is 0 Å². The summed E-state index contributed by atoms with van der Waals surface area (Å²) in [4.78, 5) is 8.40. The van der Waals surface area contributed by atoms with Crippen molar-refractivity contribution in [2.75, 3.05) is 0 Å². The van der Waals surface area contributed by atoms with Crippen molar-refractivity contribution in [3.05, 3.63) is 47.5 Å². The maximum absolute atomic E-state index is 13.1. The molecule has 88 valence electrons. The summed E-state index contributed by atoms with van der Waals surface area (Å²) >= 11 is 0. The molecule has 3 nitrogen and oxygen atoms in total. The number of aliphatic hydroxyl groups is 1. The summed E-state index contributed by atoms with van der Waals surface area (Å²) in [6, 6.07) is 6.13. The molecule has 0 saturated heterocycles. The van der Waals surface area contributed by atoms with Gasteiger partial charge in [-0.05, 0) is 26.0 Å². The molecule has 0 bridgehead atoms. The van der Waals surface area contributed by atoms with E-state index < -0.39 is 6.10 Å². The lowest BCUT2D eigenvalue weighted by molar-refractivity contribution is 0.197. The molecule has 0 fully saturated rings. The molecule has 0 unspecified atom stereocenters. The van der Waals surface area contributed by atoms with E-state index in [1.165, 1.54) is 12.1 Å². The minimum Gasteiger partial charge on any atom is -0.389 e. The number of aliphatic hydroxyl groups excluding tert-OH is 1. The van der Waals surface area contributed by atoms with Gasteiger partial charge in [-0.3, -0.25) is 0 Å². The normalized spacial score (nSPS) is 12.5. The molecule has 0 aliphatic rings. The number of aromatic nitrogens is 2. The molecule has 0 radical (unpaired) electrons. The molecule has 1 heterocycles. The first-order valence-corrected chi connectivity index (χ1v) is 5.35. The van der Waals surface area contributed by atoms with Crippen LogP contribution in [-0.2, 0) is 0 Å². The number of hydrogen-bond acceptors (Lipinski definition) is 3. The molecular weight excluding hydrogens is 219 g/mol. The van der Waals surface area contributed by atoms with Crippen molar-refractivity contribution in [3.63, 3.8) is 0 Å². The Labute approximate surface area is 99.0 Å². The van der Waals surface area contributed by atoms with Gasteiger partial charge in [-0.2, -0.15) is 0 Å². The van der Waals surface area contributed by atoms with Crippen LogP contribution < -0.4 is 0 Å². The summed E-state index contributed by atoms with van der Waals surface area (Å²) in [5.41, 5.74) is 2.02. The Bertz CT molecular complexity index is 541. The monoisotopic (exact) mass is 232 g/mol. The number of aryl methyl sites for hydroxylation is 1. The van der Waals surface area contributed by atoms with Gasteiger partial charge in [0, 0.05) is 23.0 Å². The Morgan fingerprint density at radius 2 is 2.12 bits per heavy atom. The van der Waals surface area contributed by atoms with Crippen LogP contribution in [0.15, 0.2) is 30.5 Å². The van der Waals surface area contributed by atoms with E-state index in [4.69, 9.17) is 0 Å². The van der Waals surface area contributed by atoms with E-state index in [0.717, 1.165) is 0 Å². The molecule has 0 amide bonds. The molecule has 2 aromatic rings. The van der Waals surface area contributed by atoms with E-state index in [9.17, 15) is 9.50 Å². The summed E-state index contributed by atoms with van der Waals surface area (Å²) in [7, 11) is 0. The van der Waals surface area contributed by atoms with Crippen molar-refractivity contribution in [2.45, 2.75) is 20.0 Å². The van der Waals surface area contributed by atoms with Gasteiger partial charge in [0.05, 0.1) is 6.10 Å². The fourth-order valence-electron chi connectivity index (χ4n) is 1.65. The van der Waals surface area contributed by atoms with Crippen molar-refractivity contribution in [1.82, 2.24) is 9.97 Å². The van der Waals surface area contributed by atoms with Crippen LogP contribution >= 0.6 is 0 Å². The van der Waals surface area contributed by atoms with Crippen LogP contribution in [0, 0.1) is 12.7 Å². The second kappa shape index (κ2) is 4.59. The van der Waals surface area contributed by atoms with E-state index in [1.54, 1.807) is 32.2 Å². The average molecular weight is 232 g/mol. The van der Waals surface area contributed by atoms with E-state index in [-0.39, 0.29) is 5.82 Å².